The third-order valence-electron chi connectivity index (χ3n) is 5.82. The normalized spacial score (nSPS) is 12.7. The Morgan fingerprint density at radius 2 is 1.09 bits per heavy atom. The number of thioether (sulfide) groups is 2. The minimum Gasteiger partial charge on any atom is -0.464 e. The van der Waals surface area contributed by atoms with E-state index in [1.807, 2.05) is 62.3 Å². The molecule has 0 aromatic carbocycles. The first-order valence-corrected chi connectivity index (χ1v) is 16.0. The quantitative estimate of drug-likeness (QED) is 0.0842. The van der Waals surface area contributed by atoms with Crippen molar-refractivity contribution in [2.45, 2.75) is 31.0 Å². The standard InChI is InChI=1S/C27H44N8O6S2/c1-28-26(30-11-13-42-18-22-9-7-20(40-22)16-32(3)4)24(34(36)37)15-25(35(38)39)27(29-2)31-12-14-43-19-23-10-8-21(41-23)17-33(5)6/h7-10,28-31H,11-19H2,1-6H3/b26-24-,27-25+. The predicted molar refractivity (Wildman–Crippen MR) is 171 cm³/mol. The SMILES string of the molecule is CN/C(NCCSCc1ccc(CN(C)C)o1)=C(\C/C(=C(/NC)NCCSCc1ccc(CN(C)C)o1)[N+](=O)[O-])[N+](=O)[O-]. The molecule has 0 fully saturated rings. The topological polar surface area (TPSA) is 167 Å². The van der Waals surface area contributed by atoms with Crippen LogP contribution in [0.25, 0.3) is 0 Å². The first-order chi connectivity index (χ1) is 20.5. The number of nitrogens with one attached hydrogen (secondary N) is 4. The predicted octanol–water partition coefficient (Wildman–Crippen LogP) is 3.06. The molecule has 43 heavy (non-hydrogen) atoms. The summed E-state index contributed by atoms with van der Waals surface area (Å²) in [6.45, 7) is 2.28. The van der Waals surface area contributed by atoms with Crippen LogP contribution >= 0.6 is 23.5 Å². The van der Waals surface area contributed by atoms with Gasteiger partial charge in [0.25, 0.3) is 11.4 Å². The summed E-state index contributed by atoms with van der Waals surface area (Å²) in [6.07, 6.45) is -0.491. The van der Waals surface area contributed by atoms with Crippen LogP contribution in [0.15, 0.2) is 56.1 Å². The Balaban J connectivity index is 1.93. The van der Waals surface area contributed by atoms with Crippen LogP contribution in [0.5, 0.6) is 0 Å². The molecule has 14 nitrogen and oxygen atoms in total. The Kier molecular flexibility index (Phi) is 15.9. The van der Waals surface area contributed by atoms with Gasteiger partial charge in [0, 0.05) is 38.7 Å². The van der Waals surface area contributed by atoms with E-state index in [1.165, 1.54) is 0 Å². The van der Waals surface area contributed by atoms with Gasteiger partial charge in [0.15, 0.2) is 11.6 Å². The Morgan fingerprint density at radius 3 is 1.42 bits per heavy atom. The lowest BCUT2D eigenvalue weighted by Crippen LogP contribution is -2.32. The van der Waals surface area contributed by atoms with Crippen LogP contribution in [-0.4, -0.2) is 86.5 Å². The van der Waals surface area contributed by atoms with Crippen molar-refractivity contribution in [1.29, 1.82) is 0 Å². The zero-order valence-corrected chi connectivity index (χ0v) is 27.4. The summed E-state index contributed by atoms with van der Waals surface area (Å²) in [5.74, 6) is 6.39. The first kappa shape index (κ1) is 35.9. The Hall–Kier alpha value is -3.34. The molecular formula is C27H44N8O6S2. The highest BCUT2D eigenvalue weighted by atomic mass is 32.2. The van der Waals surface area contributed by atoms with Gasteiger partial charge in [-0.25, -0.2) is 0 Å². The maximum Gasteiger partial charge on any atom is 0.296 e. The lowest BCUT2D eigenvalue weighted by atomic mass is 10.2. The summed E-state index contributed by atoms with van der Waals surface area (Å²) in [5.41, 5.74) is -0.650. The van der Waals surface area contributed by atoms with Crippen LogP contribution in [0.4, 0.5) is 0 Å². The first-order valence-electron chi connectivity index (χ1n) is 13.7. The molecule has 0 amide bonds. The van der Waals surface area contributed by atoms with Crippen molar-refractivity contribution < 1.29 is 18.7 Å². The van der Waals surface area contributed by atoms with Gasteiger partial charge >= 0.3 is 0 Å². The molecule has 0 aliphatic rings. The van der Waals surface area contributed by atoms with E-state index >= 15 is 0 Å². The van der Waals surface area contributed by atoms with Crippen LogP contribution in [0.2, 0.25) is 0 Å². The highest BCUT2D eigenvalue weighted by Crippen LogP contribution is 2.19. The van der Waals surface area contributed by atoms with Gasteiger partial charge in [-0.2, -0.15) is 23.5 Å². The van der Waals surface area contributed by atoms with Gasteiger partial charge in [0.1, 0.15) is 29.5 Å². The van der Waals surface area contributed by atoms with Crippen LogP contribution < -0.4 is 21.3 Å². The highest BCUT2D eigenvalue weighted by molar-refractivity contribution is 7.98. The Labute approximate surface area is 261 Å². The second kappa shape index (κ2) is 19.0. The smallest absolute Gasteiger partial charge is 0.296 e. The number of furan rings is 2. The Bertz CT molecular complexity index is 1140. The van der Waals surface area contributed by atoms with E-state index in [0.717, 1.165) is 36.1 Å². The number of nitro groups is 2. The van der Waals surface area contributed by atoms with Gasteiger partial charge in [0.05, 0.1) is 34.4 Å². The van der Waals surface area contributed by atoms with Crippen molar-refractivity contribution in [3.8, 4) is 0 Å². The molecular weight excluding hydrogens is 596 g/mol. The number of hydrogen-bond donors (Lipinski definition) is 4. The van der Waals surface area contributed by atoms with Gasteiger partial charge < -0.3 is 39.9 Å². The van der Waals surface area contributed by atoms with E-state index < -0.39 is 16.3 Å². The third kappa shape index (κ3) is 13.2. The molecule has 0 spiro atoms. The lowest BCUT2D eigenvalue weighted by molar-refractivity contribution is -0.452. The molecule has 0 saturated carbocycles. The number of nitrogens with zero attached hydrogens (tertiary/aromatic N) is 4. The highest BCUT2D eigenvalue weighted by Gasteiger charge is 2.29. The minimum atomic E-state index is -0.596. The number of rotatable bonds is 22. The summed E-state index contributed by atoms with van der Waals surface area (Å²) in [4.78, 5) is 26.8. The average Bonchev–Trinajstić information content (AvgIpc) is 3.57. The maximum absolute atomic E-state index is 12.0. The van der Waals surface area contributed by atoms with Gasteiger partial charge in [0.2, 0.25) is 0 Å². The minimum absolute atomic E-state index is 0.134. The second-order valence-electron chi connectivity index (χ2n) is 10.0. The zero-order valence-electron chi connectivity index (χ0n) is 25.7. The summed E-state index contributed by atoms with van der Waals surface area (Å²) < 4.78 is 11.6. The van der Waals surface area contributed by atoms with Crippen LogP contribution in [-0.2, 0) is 24.6 Å². The number of hydrogen-bond acceptors (Lipinski definition) is 14. The van der Waals surface area contributed by atoms with Gasteiger partial charge in [-0.3, -0.25) is 20.2 Å². The van der Waals surface area contributed by atoms with E-state index in [0.29, 0.717) is 36.1 Å². The molecule has 4 N–H and O–H groups in total. The molecule has 16 heteroatoms. The molecule has 0 bridgehead atoms. The van der Waals surface area contributed by atoms with Crippen molar-refractivity contribution in [2.75, 3.05) is 66.9 Å². The van der Waals surface area contributed by atoms with E-state index in [-0.39, 0.29) is 23.0 Å². The molecule has 0 unspecified atom stereocenters. The van der Waals surface area contributed by atoms with E-state index in [2.05, 4.69) is 21.3 Å². The van der Waals surface area contributed by atoms with Crippen LogP contribution in [0.3, 0.4) is 0 Å². The van der Waals surface area contributed by atoms with E-state index in [1.54, 1.807) is 37.6 Å². The van der Waals surface area contributed by atoms with Gasteiger partial charge in [-0.05, 0) is 52.5 Å². The molecule has 2 heterocycles. The fraction of sp³-hybridized carbons (Fsp3) is 0.556. The molecule has 2 aromatic rings. The molecule has 0 aliphatic heterocycles. The van der Waals surface area contributed by atoms with Crippen molar-refractivity contribution in [1.82, 2.24) is 31.1 Å². The molecule has 240 valence electrons. The second-order valence-corrected chi connectivity index (χ2v) is 12.2. The van der Waals surface area contributed by atoms with Gasteiger partial charge in [-0.1, -0.05) is 0 Å². The summed E-state index contributed by atoms with van der Waals surface area (Å²) in [5, 5.41) is 35.6. The summed E-state index contributed by atoms with van der Waals surface area (Å²) >= 11 is 3.23. The molecule has 0 aliphatic carbocycles. The molecule has 0 atom stereocenters. The molecule has 0 radical (unpaired) electrons. The molecule has 2 aromatic heterocycles. The lowest BCUT2D eigenvalue weighted by Gasteiger charge is -2.13. The largest absolute Gasteiger partial charge is 0.464 e. The van der Waals surface area contributed by atoms with Crippen molar-refractivity contribution in [3.63, 3.8) is 0 Å². The van der Waals surface area contributed by atoms with Gasteiger partial charge in [-0.15, -0.1) is 0 Å². The maximum atomic E-state index is 12.0. The van der Waals surface area contributed by atoms with E-state index in [9.17, 15) is 20.2 Å². The van der Waals surface area contributed by atoms with Crippen LogP contribution in [0.1, 0.15) is 29.5 Å². The summed E-state index contributed by atoms with van der Waals surface area (Å²) in [7, 11) is 11.0. The molecule has 2 rings (SSSR count). The van der Waals surface area contributed by atoms with E-state index in [4.69, 9.17) is 8.83 Å². The fourth-order valence-corrected chi connectivity index (χ4v) is 5.45. The Morgan fingerprint density at radius 1 is 0.721 bits per heavy atom. The zero-order chi connectivity index (χ0) is 31.8. The van der Waals surface area contributed by atoms with Crippen molar-refractivity contribution in [2.24, 2.45) is 0 Å². The molecule has 0 saturated heterocycles. The third-order valence-corrected chi connectivity index (χ3v) is 7.78. The summed E-state index contributed by atoms with van der Waals surface area (Å²) in [6, 6.07) is 7.80. The monoisotopic (exact) mass is 640 g/mol. The van der Waals surface area contributed by atoms with Crippen molar-refractivity contribution in [3.05, 3.63) is 90.6 Å². The van der Waals surface area contributed by atoms with Crippen molar-refractivity contribution >= 4 is 23.5 Å². The fourth-order valence-electron chi connectivity index (χ4n) is 3.95. The average molecular weight is 641 g/mol. The van der Waals surface area contributed by atoms with Crippen LogP contribution in [0, 0.1) is 20.2 Å².